The van der Waals surface area contributed by atoms with Crippen molar-refractivity contribution in [3.63, 3.8) is 0 Å². The molecule has 9 heteroatoms. The number of anilines is 1. The zero-order valence-electron chi connectivity index (χ0n) is 15.6. The average Bonchev–Trinajstić information content (AvgIpc) is 3.25. The van der Waals surface area contributed by atoms with Gasteiger partial charge < -0.3 is 15.0 Å². The second-order valence-corrected chi connectivity index (χ2v) is 10.2. The molecule has 2 bridgehead atoms. The Hall–Kier alpha value is -1.74. The van der Waals surface area contributed by atoms with Gasteiger partial charge in [-0.3, -0.25) is 4.79 Å². The number of hydrogen-bond donors (Lipinski definition) is 1. The van der Waals surface area contributed by atoms with Crippen LogP contribution < -0.4 is 5.32 Å². The lowest BCUT2D eigenvalue weighted by Crippen LogP contribution is -2.44. The van der Waals surface area contributed by atoms with Crippen molar-refractivity contribution in [1.29, 1.82) is 0 Å². The molecule has 3 aliphatic rings. The fourth-order valence-electron chi connectivity index (χ4n) is 4.59. The molecule has 148 valence electrons. The van der Waals surface area contributed by atoms with Gasteiger partial charge in [0.05, 0.1) is 29.4 Å². The monoisotopic (exact) mass is 394 g/mol. The Morgan fingerprint density at radius 2 is 2.07 bits per heavy atom. The van der Waals surface area contributed by atoms with Crippen molar-refractivity contribution in [1.82, 2.24) is 14.9 Å². The molecule has 1 saturated heterocycles. The second-order valence-electron chi connectivity index (χ2n) is 7.86. The van der Waals surface area contributed by atoms with E-state index in [1.807, 2.05) is 0 Å². The molecule has 1 N–H and O–H groups in total. The van der Waals surface area contributed by atoms with Crippen molar-refractivity contribution in [2.45, 2.75) is 38.3 Å². The number of aromatic nitrogens is 2. The van der Waals surface area contributed by atoms with Crippen LogP contribution in [0.4, 0.5) is 5.95 Å². The molecule has 0 aromatic carbocycles. The minimum Gasteiger partial charge on any atom is -0.378 e. The molecule has 1 amide bonds. The normalized spacial score (nSPS) is 29.1. The van der Waals surface area contributed by atoms with Crippen LogP contribution in [0.2, 0.25) is 0 Å². The summed E-state index contributed by atoms with van der Waals surface area (Å²) in [6.45, 7) is 0.624. The molecule has 0 spiro atoms. The Bertz CT molecular complexity index is 815. The van der Waals surface area contributed by atoms with Crippen molar-refractivity contribution in [2.24, 2.45) is 11.8 Å². The quantitative estimate of drug-likeness (QED) is 0.798. The number of ether oxygens (including phenoxy) is 1. The van der Waals surface area contributed by atoms with Gasteiger partial charge in [0.15, 0.2) is 9.84 Å². The van der Waals surface area contributed by atoms with E-state index in [0.717, 1.165) is 12.3 Å². The van der Waals surface area contributed by atoms with Gasteiger partial charge in [-0.15, -0.1) is 0 Å². The summed E-state index contributed by atoms with van der Waals surface area (Å²) in [5, 5.41) is 3.45. The van der Waals surface area contributed by atoms with Gasteiger partial charge in [-0.2, -0.15) is 0 Å². The average molecular weight is 394 g/mol. The minimum atomic E-state index is -3.04. The number of amides is 1. The highest BCUT2D eigenvalue weighted by Crippen LogP contribution is 2.45. The lowest BCUT2D eigenvalue weighted by Gasteiger charge is -2.27. The SMILES string of the molecule is COCc1nc(N[C@@H]2C[C@H]3CC[C@@H]2C3)ncc1C(=O)N1CCS(=O)(=O)CC1. The van der Waals surface area contributed by atoms with Crippen LogP contribution in [0.5, 0.6) is 0 Å². The van der Waals surface area contributed by atoms with E-state index in [9.17, 15) is 13.2 Å². The number of sulfone groups is 1. The van der Waals surface area contributed by atoms with Gasteiger partial charge in [-0.05, 0) is 31.1 Å². The molecule has 0 radical (unpaired) electrons. The van der Waals surface area contributed by atoms with E-state index < -0.39 is 9.84 Å². The van der Waals surface area contributed by atoms with E-state index in [4.69, 9.17) is 4.74 Å². The maximum absolute atomic E-state index is 12.8. The van der Waals surface area contributed by atoms with Crippen LogP contribution in [0.15, 0.2) is 6.20 Å². The number of nitrogens with one attached hydrogen (secondary N) is 1. The maximum atomic E-state index is 12.8. The van der Waals surface area contributed by atoms with E-state index in [0.29, 0.717) is 29.2 Å². The third kappa shape index (κ3) is 3.94. The number of methoxy groups -OCH3 is 1. The van der Waals surface area contributed by atoms with Gasteiger partial charge in [0, 0.05) is 32.4 Å². The second kappa shape index (κ2) is 7.35. The molecular weight excluding hydrogens is 368 g/mol. The van der Waals surface area contributed by atoms with Crippen LogP contribution in [-0.2, 0) is 21.2 Å². The molecule has 0 unspecified atom stereocenters. The first-order valence-corrected chi connectivity index (χ1v) is 11.4. The molecule has 4 rings (SSSR count). The first-order valence-electron chi connectivity index (χ1n) is 9.56. The van der Waals surface area contributed by atoms with Crippen molar-refractivity contribution in [2.75, 3.05) is 37.0 Å². The largest absolute Gasteiger partial charge is 0.378 e. The predicted octanol–water partition coefficient (Wildman–Crippen LogP) is 1.09. The standard InChI is InChI=1S/C18H26N4O4S/c1-26-11-16-14(17(23)22-4-6-27(24,25)7-5-22)10-19-18(21-16)20-15-9-12-2-3-13(15)8-12/h10,12-13,15H,2-9,11H2,1H3,(H,19,20,21)/t12-,13+,15+/m0/s1. The topological polar surface area (TPSA) is 101 Å². The summed E-state index contributed by atoms with van der Waals surface area (Å²) in [6.07, 6.45) is 6.59. The molecule has 1 aliphatic heterocycles. The molecule has 8 nitrogen and oxygen atoms in total. The number of carbonyl (C=O) groups excluding carboxylic acids is 1. The summed E-state index contributed by atoms with van der Waals surface area (Å²) in [5.74, 6) is 1.83. The third-order valence-electron chi connectivity index (χ3n) is 6.06. The van der Waals surface area contributed by atoms with Crippen LogP contribution in [0.25, 0.3) is 0 Å². The smallest absolute Gasteiger partial charge is 0.257 e. The van der Waals surface area contributed by atoms with Gasteiger partial charge in [-0.1, -0.05) is 6.42 Å². The zero-order valence-corrected chi connectivity index (χ0v) is 16.4. The molecule has 1 aromatic rings. The van der Waals surface area contributed by atoms with Crippen molar-refractivity contribution in [3.05, 3.63) is 17.5 Å². The third-order valence-corrected chi connectivity index (χ3v) is 7.67. The molecule has 2 aliphatic carbocycles. The lowest BCUT2D eigenvalue weighted by molar-refractivity contribution is 0.0764. The Balaban J connectivity index is 1.49. The zero-order chi connectivity index (χ0) is 19.0. The number of fused-ring (bicyclic) bond motifs is 2. The van der Waals surface area contributed by atoms with Crippen molar-refractivity contribution in [3.8, 4) is 0 Å². The van der Waals surface area contributed by atoms with Gasteiger partial charge in [0.2, 0.25) is 5.95 Å². The highest BCUT2D eigenvalue weighted by Gasteiger charge is 2.39. The molecule has 3 fully saturated rings. The molecule has 3 atom stereocenters. The van der Waals surface area contributed by atoms with E-state index in [1.54, 1.807) is 18.2 Å². The Labute approximate surface area is 159 Å². The van der Waals surface area contributed by atoms with E-state index >= 15 is 0 Å². The number of rotatable bonds is 5. The molecular formula is C18H26N4O4S. The summed E-state index contributed by atoms with van der Waals surface area (Å²) in [6, 6.07) is 0.410. The van der Waals surface area contributed by atoms with Crippen molar-refractivity contribution < 1.29 is 17.9 Å². The number of carbonyl (C=O) groups is 1. The van der Waals surface area contributed by atoms with E-state index in [-0.39, 0.29) is 37.1 Å². The number of hydrogen-bond acceptors (Lipinski definition) is 7. The molecule has 2 saturated carbocycles. The first kappa shape index (κ1) is 18.6. The predicted molar refractivity (Wildman–Crippen MR) is 100 cm³/mol. The van der Waals surface area contributed by atoms with Crippen molar-refractivity contribution >= 4 is 21.7 Å². The number of nitrogens with zero attached hydrogens (tertiary/aromatic N) is 3. The lowest BCUT2D eigenvalue weighted by atomic mass is 9.95. The van der Waals surface area contributed by atoms with Crippen LogP contribution in [0.1, 0.15) is 41.7 Å². The van der Waals surface area contributed by atoms with E-state index in [1.165, 1.54) is 19.3 Å². The summed E-state index contributed by atoms with van der Waals surface area (Å²) in [7, 11) is -1.47. The van der Waals surface area contributed by atoms with Gasteiger partial charge in [-0.25, -0.2) is 18.4 Å². The summed E-state index contributed by atoms with van der Waals surface area (Å²) < 4.78 is 28.4. The summed E-state index contributed by atoms with van der Waals surface area (Å²) >= 11 is 0. The van der Waals surface area contributed by atoms with E-state index in [2.05, 4.69) is 15.3 Å². The summed E-state index contributed by atoms with van der Waals surface area (Å²) in [5.41, 5.74) is 0.922. The van der Waals surface area contributed by atoms with Crippen LogP contribution >= 0.6 is 0 Å². The first-order chi connectivity index (χ1) is 12.9. The Kier molecular flexibility index (Phi) is 5.07. The van der Waals surface area contributed by atoms with Gasteiger partial charge >= 0.3 is 0 Å². The molecule has 1 aromatic heterocycles. The summed E-state index contributed by atoms with van der Waals surface area (Å²) in [4.78, 5) is 23.3. The minimum absolute atomic E-state index is 0.00306. The molecule has 2 heterocycles. The van der Waals surface area contributed by atoms with Crippen LogP contribution in [-0.4, -0.2) is 66.9 Å². The Morgan fingerprint density at radius 3 is 2.70 bits per heavy atom. The van der Waals surface area contributed by atoms with Gasteiger partial charge in [0.1, 0.15) is 0 Å². The highest BCUT2D eigenvalue weighted by atomic mass is 32.2. The molecule has 27 heavy (non-hydrogen) atoms. The van der Waals surface area contributed by atoms with Crippen LogP contribution in [0, 0.1) is 11.8 Å². The fraction of sp³-hybridized carbons (Fsp3) is 0.722. The van der Waals surface area contributed by atoms with Crippen LogP contribution in [0.3, 0.4) is 0 Å². The highest BCUT2D eigenvalue weighted by molar-refractivity contribution is 7.91. The maximum Gasteiger partial charge on any atom is 0.257 e. The fourth-order valence-corrected chi connectivity index (χ4v) is 5.79. The Morgan fingerprint density at radius 1 is 1.30 bits per heavy atom. The van der Waals surface area contributed by atoms with Gasteiger partial charge in [0.25, 0.3) is 5.91 Å².